The Hall–Kier alpha value is -2.67. The summed E-state index contributed by atoms with van der Waals surface area (Å²) in [6.07, 6.45) is 3.00. The highest BCUT2D eigenvalue weighted by atomic mass is 32.2. The highest BCUT2D eigenvalue weighted by molar-refractivity contribution is 7.98. The predicted molar refractivity (Wildman–Crippen MR) is 99.5 cm³/mol. The molecule has 1 heterocycles. The van der Waals surface area contributed by atoms with Crippen LogP contribution in [0.1, 0.15) is 12.5 Å². The highest BCUT2D eigenvalue weighted by Gasteiger charge is 2.09. The number of carbonyl (C=O) groups is 1. The van der Waals surface area contributed by atoms with Gasteiger partial charge in [-0.1, -0.05) is 19.1 Å². The smallest absolute Gasteiger partial charge is 0.248 e. The predicted octanol–water partition coefficient (Wildman–Crippen LogP) is 3.26. The van der Waals surface area contributed by atoms with Crippen molar-refractivity contribution >= 4 is 23.4 Å². The molecule has 128 valence electrons. The number of nitrogens with one attached hydrogen (secondary N) is 1. The molecule has 0 aliphatic rings. The number of nitrogens with zero attached hydrogens (tertiary/aromatic N) is 4. The van der Waals surface area contributed by atoms with Gasteiger partial charge in [-0.05, 0) is 59.9 Å². The van der Waals surface area contributed by atoms with Gasteiger partial charge < -0.3 is 5.32 Å². The fourth-order valence-electron chi connectivity index (χ4n) is 2.32. The van der Waals surface area contributed by atoms with Crippen LogP contribution in [-0.4, -0.2) is 32.4 Å². The van der Waals surface area contributed by atoms with Gasteiger partial charge in [0.1, 0.15) is 6.54 Å². The molecule has 0 radical (unpaired) electrons. The quantitative estimate of drug-likeness (QED) is 0.689. The second-order valence-corrected chi connectivity index (χ2v) is 6.35. The third-order valence-electron chi connectivity index (χ3n) is 3.73. The summed E-state index contributed by atoms with van der Waals surface area (Å²) in [5.41, 5.74) is 2.86. The first-order valence-corrected chi connectivity index (χ1v) is 9.21. The van der Waals surface area contributed by atoms with Crippen molar-refractivity contribution in [1.82, 2.24) is 20.2 Å². The molecule has 0 unspecified atom stereocenters. The van der Waals surface area contributed by atoms with E-state index in [1.54, 1.807) is 11.8 Å². The number of aryl methyl sites for hydroxylation is 1. The highest BCUT2D eigenvalue weighted by Crippen LogP contribution is 2.19. The van der Waals surface area contributed by atoms with Crippen LogP contribution >= 0.6 is 11.8 Å². The lowest BCUT2D eigenvalue weighted by molar-refractivity contribution is -0.117. The Morgan fingerprint density at radius 1 is 1.12 bits per heavy atom. The van der Waals surface area contributed by atoms with Gasteiger partial charge in [0.25, 0.3) is 0 Å². The van der Waals surface area contributed by atoms with Crippen LogP contribution in [0.3, 0.4) is 0 Å². The fraction of sp³-hybridized carbons (Fsp3) is 0.222. The van der Waals surface area contributed by atoms with Gasteiger partial charge in [0.05, 0.1) is 0 Å². The van der Waals surface area contributed by atoms with Crippen LogP contribution in [0, 0.1) is 0 Å². The van der Waals surface area contributed by atoms with Crippen LogP contribution in [-0.2, 0) is 17.8 Å². The summed E-state index contributed by atoms with van der Waals surface area (Å²) < 4.78 is 0. The van der Waals surface area contributed by atoms with Crippen LogP contribution in [0.4, 0.5) is 5.69 Å². The number of thioether (sulfide) groups is 1. The van der Waals surface area contributed by atoms with Crippen LogP contribution in [0.5, 0.6) is 0 Å². The molecule has 2 aromatic carbocycles. The minimum absolute atomic E-state index is 0.0193. The number of hydrogen-bond acceptors (Lipinski definition) is 5. The minimum Gasteiger partial charge on any atom is -0.324 e. The molecule has 3 aromatic rings. The summed E-state index contributed by atoms with van der Waals surface area (Å²) in [6.45, 7) is 2.11. The van der Waals surface area contributed by atoms with Crippen LogP contribution in [0.15, 0.2) is 53.4 Å². The summed E-state index contributed by atoms with van der Waals surface area (Å²) in [6, 6.07) is 15.7. The van der Waals surface area contributed by atoms with E-state index in [-0.39, 0.29) is 12.5 Å². The van der Waals surface area contributed by atoms with Crippen molar-refractivity contribution in [2.75, 3.05) is 11.6 Å². The molecule has 0 bridgehead atoms. The van der Waals surface area contributed by atoms with Gasteiger partial charge in [0.2, 0.25) is 11.7 Å². The van der Waals surface area contributed by atoms with E-state index >= 15 is 0 Å². The Labute approximate surface area is 150 Å². The Morgan fingerprint density at radius 3 is 2.48 bits per heavy atom. The lowest BCUT2D eigenvalue weighted by atomic mass is 10.1. The number of carbonyl (C=O) groups excluding carboxylic acids is 1. The zero-order valence-corrected chi connectivity index (χ0v) is 15.0. The molecular weight excluding hydrogens is 334 g/mol. The molecule has 0 spiro atoms. The Bertz CT molecular complexity index is 843. The zero-order chi connectivity index (χ0) is 17.6. The largest absolute Gasteiger partial charge is 0.324 e. The molecule has 1 N–H and O–H groups in total. The molecule has 1 amide bonds. The van der Waals surface area contributed by atoms with E-state index in [1.807, 2.05) is 54.8 Å². The average molecular weight is 353 g/mol. The number of benzene rings is 2. The third kappa shape index (κ3) is 4.45. The van der Waals surface area contributed by atoms with E-state index in [1.165, 1.54) is 15.3 Å². The van der Waals surface area contributed by atoms with Crippen molar-refractivity contribution in [3.05, 3.63) is 54.1 Å². The van der Waals surface area contributed by atoms with Gasteiger partial charge in [0, 0.05) is 16.1 Å². The van der Waals surface area contributed by atoms with E-state index in [2.05, 4.69) is 27.7 Å². The maximum absolute atomic E-state index is 12.1. The standard InChI is InChI=1S/C18H19N5OS/c1-3-13-4-8-15(9-5-13)19-17(24)12-23-21-18(20-22-23)14-6-10-16(25-2)11-7-14/h4-11H,3,12H2,1-2H3,(H,19,24). The fourth-order valence-corrected chi connectivity index (χ4v) is 2.73. The van der Waals surface area contributed by atoms with Crippen molar-refractivity contribution in [3.63, 3.8) is 0 Å². The van der Waals surface area contributed by atoms with Crippen molar-refractivity contribution in [3.8, 4) is 11.4 Å². The third-order valence-corrected chi connectivity index (χ3v) is 4.48. The van der Waals surface area contributed by atoms with E-state index in [9.17, 15) is 4.79 Å². The van der Waals surface area contributed by atoms with E-state index in [4.69, 9.17) is 0 Å². The first-order chi connectivity index (χ1) is 12.2. The summed E-state index contributed by atoms with van der Waals surface area (Å²) in [7, 11) is 0. The molecule has 0 saturated heterocycles. The topological polar surface area (TPSA) is 72.7 Å². The monoisotopic (exact) mass is 353 g/mol. The van der Waals surface area contributed by atoms with Crippen LogP contribution in [0.2, 0.25) is 0 Å². The number of amides is 1. The van der Waals surface area contributed by atoms with Gasteiger partial charge in [-0.25, -0.2) is 0 Å². The molecule has 1 aromatic heterocycles. The minimum atomic E-state index is -0.189. The van der Waals surface area contributed by atoms with Crippen molar-refractivity contribution < 1.29 is 4.79 Å². The average Bonchev–Trinajstić information content (AvgIpc) is 3.10. The Kier molecular flexibility index (Phi) is 5.45. The Morgan fingerprint density at radius 2 is 1.84 bits per heavy atom. The number of anilines is 1. The van der Waals surface area contributed by atoms with Crippen molar-refractivity contribution in [2.24, 2.45) is 0 Å². The summed E-state index contributed by atoms with van der Waals surface area (Å²) >= 11 is 1.67. The molecule has 3 rings (SSSR count). The summed E-state index contributed by atoms with van der Waals surface area (Å²) in [5.74, 6) is 0.318. The van der Waals surface area contributed by atoms with E-state index < -0.39 is 0 Å². The molecule has 0 saturated carbocycles. The van der Waals surface area contributed by atoms with E-state index in [0.29, 0.717) is 5.82 Å². The normalized spacial score (nSPS) is 10.6. The molecule has 0 aliphatic heterocycles. The van der Waals surface area contributed by atoms with Gasteiger partial charge in [-0.2, -0.15) is 4.80 Å². The van der Waals surface area contributed by atoms with Crippen LogP contribution < -0.4 is 5.32 Å². The maximum atomic E-state index is 12.1. The second-order valence-electron chi connectivity index (χ2n) is 5.47. The van der Waals surface area contributed by atoms with Gasteiger partial charge in [0.15, 0.2) is 0 Å². The van der Waals surface area contributed by atoms with E-state index in [0.717, 1.165) is 17.7 Å². The Balaban J connectivity index is 1.62. The molecule has 7 heteroatoms. The molecule has 25 heavy (non-hydrogen) atoms. The summed E-state index contributed by atoms with van der Waals surface area (Å²) in [5, 5.41) is 15.1. The second kappa shape index (κ2) is 7.94. The molecule has 6 nitrogen and oxygen atoms in total. The van der Waals surface area contributed by atoms with Gasteiger partial charge in [-0.15, -0.1) is 22.0 Å². The molecular formula is C18H19N5OS. The molecule has 0 fully saturated rings. The van der Waals surface area contributed by atoms with Gasteiger partial charge in [-0.3, -0.25) is 4.79 Å². The first-order valence-electron chi connectivity index (χ1n) is 7.99. The van der Waals surface area contributed by atoms with Gasteiger partial charge >= 0.3 is 0 Å². The lowest BCUT2D eigenvalue weighted by Crippen LogP contribution is -2.20. The molecule has 0 atom stereocenters. The number of aromatic nitrogens is 4. The first kappa shape index (κ1) is 17.2. The SMILES string of the molecule is CCc1ccc(NC(=O)Cn2nnc(-c3ccc(SC)cc3)n2)cc1. The lowest BCUT2D eigenvalue weighted by Gasteiger charge is -2.05. The number of rotatable bonds is 6. The molecule has 0 aliphatic carbocycles. The number of hydrogen-bond donors (Lipinski definition) is 1. The number of tetrazole rings is 1. The summed E-state index contributed by atoms with van der Waals surface area (Å²) in [4.78, 5) is 14.6. The zero-order valence-electron chi connectivity index (χ0n) is 14.1. The van der Waals surface area contributed by atoms with Crippen LogP contribution in [0.25, 0.3) is 11.4 Å². The van der Waals surface area contributed by atoms with Crippen molar-refractivity contribution in [2.45, 2.75) is 24.8 Å². The maximum Gasteiger partial charge on any atom is 0.248 e. The van der Waals surface area contributed by atoms with Crippen molar-refractivity contribution in [1.29, 1.82) is 0 Å².